The maximum atomic E-state index is 13.4. The average Bonchev–Trinajstić information content (AvgIpc) is 3.40. The number of amides is 3. The van der Waals surface area contributed by atoms with Crippen molar-refractivity contribution < 1.29 is 52.2 Å². The zero-order chi connectivity index (χ0) is 32.1. The lowest BCUT2D eigenvalue weighted by atomic mass is 10.0. The van der Waals surface area contributed by atoms with E-state index in [4.69, 9.17) is 21.2 Å². The Morgan fingerprint density at radius 2 is 2.02 bits per heavy atom. The van der Waals surface area contributed by atoms with Crippen LogP contribution in [-0.4, -0.2) is 107 Å². The van der Waals surface area contributed by atoms with Crippen LogP contribution >= 0.6 is 22.9 Å². The molecule has 3 rings (SSSR count). The Kier molecular flexibility index (Phi) is 11.2. The first-order valence-corrected chi connectivity index (χ1v) is 15.1. The first kappa shape index (κ1) is 33.9. The second-order valence-corrected chi connectivity index (χ2v) is 12.5. The fourth-order valence-electron chi connectivity index (χ4n) is 3.76. The van der Waals surface area contributed by atoms with Gasteiger partial charge >= 0.3 is 28.2 Å². The van der Waals surface area contributed by atoms with Crippen molar-refractivity contribution in [3.05, 3.63) is 22.3 Å². The predicted octanol–water partition coefficient (Wildman–Crippen LogP) is -1.74. The number of carbonyl (C=O) groups is 6. The van der Waals surface area contributed by atoms with Gasteiger partial charge in [0, 0.05) is 11.0 Å². The molecule has 1 unspecified atom stereocenters. The zero-order valence-electron chi connectivity index (χ0n) is 23.5. The van der Waals surface area contributed by atoms with Gasteiger partial charge in [-0.25, -0.2) is 14.6 Å². The molecule has 2 aliphatic heterocycles. The number of halogens is 1. The highest BCUT2D eigenvalue weighted by molar-refractivity contribution is 7.92. The predicted molar refractivity (Wildman–Crippen MR) is 157 cm³/mol. The number of thiazole rings is 1. The summed E-state index contributed by atoms with van der Waals surface area (Å²) in [6.45, 7) is 4.97. The van der Waals surface area contributed by atoms with E-state index in [1.807, 2.05) is 0 Å². The lowest BCUT2D eigenvalue weighted by molar-refractivity contribution is -0.153. The number of carbonyl (C=O) groups excluding carboxylic acids is 6. The number of oxime groups is 1. The minimum Gasteiger partial charge on any atom is -0.614 e. The number of rotatable bonds is 11. The van der Waals surface area contributed by atoms with Gasteiger partial charge in [-0.15, -0.1) is 22.9 Å². The maximum Gasteiger partial charge on any atom is 0.413 e. The highest BCUT2D eigenvalue weighted by Crippen LogP contribution is 2.36. The topological polar surface area (TPSA) is 215 Å². The van der Waals surface area contributed by atoms with Gasteiger partial charge in [0.25, 0.3) is 17.8 Å². The van der Waals surface area contributed by atoms with Crippen LogP contribution in [0.15, 0.2) is 21.8 Å². The molecule has 21 heteroatoms. The molecule has 1 aromatic heterocycles. The lowest BCUT2D eigenvalue weighted by Crippen LogP contribution is -2.74. The lowest BCUT2D eigenvalue weighted by Gasteiger charge is -2.48. The van der Waals surface area contributed by atoms with Gasteiger partial charge in [0.15, 0.2) is 23.2 Å². The summed E-state index contributed by atoms with van der Waals surface area (Å²) in [4.78, 5) is 84.5. The van der Waals surface area contributed by atoms with Crippen molar-refractivity contribution in [3.8, 4) is 0 Å². The fourth-order valence-corrected chi connectivity index (χ4v) is 6.49. The van der Waals surface area contributed by atoms with Gasteiger partial charge in [-0.2, -0.15) is 0 Å². The summed E-state index contributed by atoms with van der Waals surface area (Å²) in [7, 11) is 2.13. The fraction of sp³-hybridized carbons (Fsp3) is 0.455. The Morgan fingerprint density at radius 1 is 1.33 bits per heavy atom. The van der Waals surface area contributed by atoms with Crippen LogP contribution < -0.4 is 10.6 Å². The Bertz CT molecular complexity index is 1370. The number of nitrogens with one attached hydrogen (secondary N) is 2. The molecule has 16 nitrogen and oxygen atoms in total. The Morgan fingerprint density at radius 3 is 2.60 bits per heavy atom. The van der Waals surface area contributed by atoms with E-state index in [-0.39, 0.29) is 28.2 Å². The SMILES string of the molecule is BOC(=O)C[C@H](O/N=C(\C(=O)N[C@@H]1C(=O)N2C(C=O)=C(CCl)C[S+]([O-])[C@H]12)c1csc(NC(=O)OC(C)(C)C)n1)C(=O)OB. The Hall–Kier alpha value is -3.61. The van der Waals surface area contributed by atoms with Gasteiger partial charge in [-0.05, 0) is 31.9 Å². The van der Waals surface area contributed by atoms with Crippen molar-refractivity contribution in [1.29, 1.82) is 0 Å². The van der Waals surface area contributed by atoms with Crippen molar-refractivity contribution in [3.63, 3.8) is 0 Å². The van der Waals surface area contributed by atoms with E-state index in [0.717, 1.165) is 32.3 Å². The molecule has 0 saturated carbocycles. The molecule has 0 bridgehead atoms. The highest BCUT2D eigenvalue weighted by atomic mass is 35.5. The number of hydrogen-bond acceptors (Lipinski definition) is 14. The van der Waals surface area contributed by atoms with Gasteiger partial charge in [0.05, 0.1) is 18.0 Å². The summed E-state index contributed by atoms with van der Waals surface area (Å²) < 4.78 is 27.2. The van der Waals surface area contributed by atoms with E-state index in [0.29, 0.717) is 11.9 Å². The molecule has 2 N–H and O–H groups in total. The second kappa shape index (κ2) is 14.2. The standard InChI is InChI=1S/C22H26B2ClN5O11S2/c1-22(2,3)38-21(36)28-20-26-10(7-42-20)14(29-41-12(19(35)40-24)4-13(32)39-23)16(33)27-15-17(34)30-11(6-31)9(5-25)8-43(37)18(15)30/h6-7,12,15,18H,4-5,8,23-24H2,1-3H3,(H,27,33)(H,26,28,36)/b29-14-/t12-,15+,18+,43?/m0/s1. The third kappa shape index (κ3) is 8.07. The van der Waals surface area contributed by atoms with Crippen molar-refractivity contribution in [2.45, 2.75) is 50.3 Å². The number of nitrogens with zero attached hydrogens (tertiary/aromatic N) is 3. The molecule has 2 aliphatic rings. The van der Waals surface area contributed by atoms with Crippen molar-refractivity contribution in [2.75, 3.05) is 16.9 Å². The van der Waals surface area contributed by atoms with E-state index >= 15 is 0 Å². The number of aldehydes is 1. The zero-order valence-corrected chi connectivity index (χ0v) is 25.9. The van der Waals surface area contributed by atoms with E-state index in [1.165, 1.54) is 5.38 Å². The molecular formula is C22H26B2ClN5O11S2. The first-order valence-electron chi connectivity index (χ1n) is 12.3. The van der Waals surface area contributed by atoms with E-state index in [1.54, 1.807) is 20.8 Å². The van der Waals surface area contributed by atoms with Crippen LogP contribution in [-0.2, 0) is 54.0 Å². The molecule has 0 aliphatic carbocycles. The maximum absolute atomic E-state index is 13.4. The average molecular weight is 658 g/mol. The number of anilines is 1. The van der Waals surface area contributed by atoms with Crippen molar-refractivity contribution >= 4 is 97.2 Å². The van der Waals surface area contributed by atoms with Crippen molar-refractivity contribution in [1.82, 2.24) is 15.2 Å². The number of aromatic nitrogens is 1. The minimum absolute atomic E-state index is 0.00234. The third-order valence-electron chi connectivity index (χ3n) is 5.70. The molecule has 3 heterocycles. The van der Waals surface area contributed by atoms with E-state index in [9.17, 15) is 33.3 Å². The molecule has 1 fully saturated rings. The summed E-state index contributed by atoms with van der Waals surface area (Å²) in [6.07, 6.45) is -2.64. The van der Waals surface area contributed by atoms with Gasteiger partial charge in [-0.1, -0.05) is 5.16 Å². The highest BCUT2D eigenvalue weighted by Gasteiger charge is 2.59. The summed E-state index contributed by atoms with van der Waals surface area (Å²) in [5.74, 6) is -3.82. The van der Waals surface area contributed by atoms with Crippen LogP contribution in [0.3, 0.4) is 0 Å². The number of β-lactam (4-membered cyclic amide) rings is 1. The number of hydrogen-bond donors (Lipinski definition) is 2. The van der Waals surface area contributed by atoms with Crippen LogP contribution in [0.5, 0.6) is 0 Å². The monoisotopic (exact) mass is 657 g/mol. The molecule has 4 atom stereocenters. The molecule has 0 radical (unpaired) electrons. The summed E-state index contributed by atoms with van der Waals surface area (Å²) in [5.41, 5.74) is -1.24. The van der Waals surface area contributed by atoms with Gasteiger partial charge < -0.3 is 28.8 Å². The number of alkyl halides is 1. The Balaban J connectivity index is 1.91. The molecule has 1 saturated heterocycles. The minimum atomic E-state index is -1.71. The van der Waals surface area contributed by atoms with Gasteiger partial charge in [-0.3, -0.25) is 29.4 Å². The molecule has 3 amide bonds. The van der Waals surface area contributed by atoms with Gasteiger partial charge in [0.1, 0.15) is 17.0 Å². The van der Waals surface area contributed by atoms with E-state index in [2.05, 4.69) is 30.1 Å². The van der Waals surface area contributed by atoms with Crippen LogP contribution in [0.4, 0.5) is 9.93 Å². The molecule has 1 aromatic rings. The van der Waals surface area contributed by atoms with E-state index < -0.39 is 76.3 Å². The molecule has 230 valence electrons. The van der Waals surface area contributed by atoms with Crippen LogP contribution in [0.25, 0.3) is 0 Å². The quantitative estimate of drug-likeness (QED) is 0.0516. The molecule has 0 aromatic carbocycles. The first-order chi connectivity index (χ1) is 20.2. The smallest absolute Gasteiger partial charge is 0.413 e. The second-order valence-electron chi connectivity index (χ2n) is 9.82. The molecule has 43 heavy (non-hydrogen) atoms. The third-order valence-corrected chi connectivity index (χ3v) is 8.43. The van der Waals surface area contributed by atoms with Crippen LogP contribution in [0.1, 0.15) is 32.9 Å². The van der Waals surface area contributed by atoms with Crippen molar-refractivity contribution in [2.24, 2.45) is 5.16 Å². The Labute approximate surface area is 258 Å². The molecule has 0 spiro atoms. The van der Waals surface area contributed by atoms with Crippen LogP contribution in [0.2, 0.25) is 0 Å². The van der Waals surface area contributed by atoms with Crippen LogP contribution in [0, 0.1) is 0 Å². The summed E-state index contributed by atoms with van der Waals surface area (Å²) in [6, 6.07) is -1.32. The largest absolute Gasteiger partial charge is 0.614 e. The number of allylic oxidation sites excluding steroid dienone is 1. The van der Waals surface area contributed by atoms with Gasteiger partial charge in [0.2, 0.25) is 11.5 Å². The number of fused-ring (bicyclic) bond motifs is 1. The molecular weight excluding hydrogens is 631 g/mol. The number of ether oxygens (including phenoxy) is 1. The normalized spacial score (nSPS) is 20.7. The summed E-state index contributed by atoms with van der Waals surface area (Å²) >= 11 is 5.02. The summed E-state index contributed by atoms with van der Waals surface area (Å²) in [5, 5.41) is 8.80.